The zero-order chi connectivity index (χ0) is 10.6. The Morgan fingerprint density at radius 1 is 1.38 bits per heavy atom. The van der Waals surface area contributed by atoms with Gasteiger partial charge in [-0.15, -0.1) is 0 Å². The molecule has 2 atom stereocenters. The van der Waals surface area contributed by atoms with Gasteiger partial charge < -0.3 is 5.73 Å². The van der Waals surface area contributed by atoms with Gasteiger partial charge in [-0.3, -0.25) is 4.79 Å². The summed E-state index contributed by atoms with van der Waals surface area (Å²) in [6.45, 7) is 3.15. The fourth-order valence-corrected chi connectivity index (χ4v) is 0.786. The highest BCUT2D eigenvalue weighted by molar-refractivity contribution is 5.81. The van der Waals surface area contributed by atoms with E-state index < -0.39 is 30.7 Å². The second-order valence-electron chi connectivity index (χ2n) is 3.23. The van der Waals surface area contributed by atoms with Crippen molar-refractivity contribution in [2.24, 2.45) is 11.7 Å². The molecule has 0 spiro atoms. The van der Waals surface area contributed by atoms with Crippen molar-refractivity contribution in [1.29, 1.82) is 0 Å². The first-order chi connectivity index (χ1) is 5.74. The number of ketones is 1. The van der Waals surface area contributed by atoms with Gasteiger partial charge in [0.2, 0.25) is 0 Å². The van der Waals surface area contributed by atoms with Gasteiger partial charge >= 0.3 is 6.18 Å². The summed E-state index contributed by atoms with van der Waals surface area (Å²) in [6, 6.07) is -0.388. The largest absolute Gasteiger partial charge is 0.389 e. The lowest BCUT2D eigenvalue weighted by molar-refractivity contribution is -0.144. The van der Waals surface area contributed by atoms with Crippen LogP contribution in [0.15, 0.2) is 0 Å². The predicted molar refractivity (Wildman–Crippen MR) is 43.1 cm³/mol. The summed E-state index contributed by atoms with van der Waals surface area (Å²) in [5.74, 6) is -0.922. The van der Waals surface area contributed by atoms with Gasteiger partial charge in [-0.2, -0.15) is 13.2 Å². The van der Waals surface area contributed by atoms with Crippen molar-refractivity contribution in [3.63, 3.8) is 0 Å². The quantitative estimate of drug-likeness (QED) is 0.747. The predicted octanol–water partition coefficient (Wildman–Crippen LogP) is 1.88. The van der Waals surface area contributed by atoms with Crippen molar-refractivity contribution >= 4 is 5.78 Å². The number of alkyl halides is 3. The molecule has 13 heavy (non-hydrogen) atoms. The fourth-order valence-electron chi connectivity index (χ4n) is 0.786. The van der Waals surface area contributed by atoms with E-state index in [-0.39, 0.29) is 6.04 Å². The van der Waals surface area contributed by atoms with Crippen molar-refractivity contribution in [2.45, 2.75) is 38.9 Å². The standard InChI is InChI=1S/C8H14F3NO/c1-5(6(2)12)7(13)3-4-8(9,10)11/h5-6H,3-4,12H2,1-2H3. The minimum Gasteiger partial charge on any atom is -0.327 e. The maximum absolute atomic E-state index is 11.7. The van der Waals surface area contributed by atoms with Crippen molar-refractivity contribution in [3.8, 4) is 0 Å². The molecule has 0 rings (SSSR count). The Kier molecular flexibility index (Phi) is 4.39. The Morgan fingerprint density at radius 2 is 1.85 bits per heavy atom. The van der Waals surface area contributed by atoms with Crippen molar-refractivity contribution < 1.29 is 18.0 Å². The number of Topliss-reactive ketones (excluding diaryl/α,β-unsaturated/α-hetero) is 1. The van der Waals surface area contributed by atoms with Crippen LogP contribution in [0.3, 0.4) is 0 Å². The van der Waals surface area contributed by atoms with Crippen LogP contribution in [-0.2, 0) is 4.79 Å². The maximum Gasteiger partial charge on any atom is 0.389 e. The van der Waals surface area contributed by atoms with E-state index in [1.807, 2.05) is 0 Å². The second-order valence-corrected chi connectivity index (χ2v) is 3.23. The molecule has 0 aliphatic heterocycles. The molecule has 0 radical (unpaired) electrons. The van der Waals surface area contributed by atoms with E-state index in [2.05, 4.69) is 0 Å². The van der Waals surface area contributed by atoms with Gasteiger partial charge in [0.1, 0.15) is 5.78 Å². The highest BCUT2D eigenvalue weighted by atomic mass is 19.4. The zero-order valence-electron chi connectivity index (χ0n) is 7.69. The SMILES string of the molecule is CC(N)C(C)C(=O)CCC(F)(F)F. The third-order valence-corrected chi connectivity index (χ3v) is 1.95. The van der Waals surface area contributed by atoms with Crippen LogP contribution in [0.25, 0.3) is 0 Å². The normalized spacial score (nSPS) is 16.8. The topological polar surface area (TPSA) is 43.1 Å². The van der Waals surface area contributed by atoms with Crippen molar-refractivity contribution in [3.05, 3.63) is 0 Å². The number of rotatable bonds is 4. The highest BCUT2D eigenvalue weighted by Gasteiger charge is 2.29. The lowest BCUT2D eigenvalue weighted by atomic mass is 9.96. The van der Waals surface area contributed by atoms with Gasteiger partial charge in [0.05, 0.1) is 6.42 Å². The maximum atomic E-state index is 11.7. The van der Waals surface area contributed by atoms with Crippen molar-refractivity contribution in [1.82, 2.24) is 0 Å². The molecule has 0 aromatic heterocycles. The van der Waals surface area contributed by atoms with Crippen LogP contribution in [0.4, 0.5) is 13.2 Å². The molecule has 0 aromatic rings. The first-order valence-corrected chi connectivity index (χ1v) is 4.09. The highest BCUT2D eigenvalue weighted by Crippen LogP contribution is 2.22. The summed E-state index contributed by atoms with van der Waals surface area (Å²) in [6.07, 6.45) is -5.78. The van der Waals surface area contributed by atoms with Crippen LogP contribution in [0.5, 0.6) is 0 Å². The van der Waals surface area contributed by atoms with Gasteiger partial charge in [0.15, 0.2) is 0 Å². The summed E-state index contributed by atoms with van der Waals surface area (Å²) in [5.41, 5.74) is 5.37. The molecule has 5 heteroatoms. The van der Waals surface area contributed by atoms with Crippen LogP contribution in [0, 0.1) is 5.92 Å². The van der Waals surface area contributed by atoms with Crippen LogP contribution >= 0.6 is 0 Å². The summed E-state index contributed by atoms with van der Waals surface area (Å²) in [4.78, 5) is 11.1. The van der Waals surface area contributed by atoms with Crippen molar-refractivity contribution in [2.75, 3.05) is 0 Å². The van der Waals surface area contributed by atoms with Gasteiger partial charge in [0.25, 0.3) is 0 Å². The Hall–Kier alpha value is -0.580. The summed E-state index contributed by atoms with van der Waals surface area (Å²) in [5, 5.41) is 0. The Balaban J connectivity index is 3.89. The molecule has 0 bridgehead atoms. The van der Waals surface area contributed by atoms with E-state index >= 15 is 0 Å². The molecular formula is C8H14F3NO. The summed E-state index contributed by atoms with van der Waals surface area (Å²) >= 11 is 0. The summed E-state index contributed by atoms with van der Waals surface area (Å²) in [7, 11) is 0. The molecule has 2 nitrogen and oxygen atoms in total. The molecule has 0 saturated heterocycles. The smallest absolute Gasteiger partial charge is 0.327 e. The number of hydrogen-bond acceptors (Lipinski definition) is 2. The third-order valence-electron chi connectivity index (χ3n) is 1.95. The van der Waals surface area contributed by atoms with Gasteiger partial charge in [-0.1, -0.05) is 6.92 Å². The molecule has 0 aliphatic rings. The van der Waals surface area contributed by atoms with E-state index in [4.69, 9.17) is 5.73 Å². The lowest BCUT2D eigenvalue weighted by Gasteiger charge is -2.14. The van der Waals surface area contributed by atoms with E-state index in [1.54, 1.807) is 13.8 Å². The Morgan fingerprint density at radius 3 is 2.15 bits per heavy atom. The third kappa shape index (κ3) is 5.63. The molecule has 2 N–H and O–H groups in total. The number of hydrogen-bond donors (Lipinski definition) is 1. The number of carbonyl (C=O) groups is 1. The zero-order valence-corrected chi connectivity index (χ0v) is 7.69. The Bertz CT molecular complexity index is 177. The average Bonchev–Trinajstić information content (AvgIpc) is 1.97. The second kappa shape index (κ2) is 4.60. The van der Waals surface area contributed by atoms with E-state index in [9.17, 15) is 18.0 Å². The van der Waals surface area contributed by atoms with E-state index in [0.29, 0.717) is 0 Å². The Labute approximate surface area is 75.3 Å². The molecule has 0 fully saturated rings. The fraction of sp³-hybridized carbons (Fsp3) is 0.875. The molecular weight excluding hydrogens is 183 g/mol. The van der Waals surface area contributed by atoms with Crippen LogP contribution in [-0.4, -0.2) is 18.0 Å². The lowest BCUT2D eigenvalue weighted by Crippen LogP contribution is -2.31. The first kappa shape index (κ1) is 12.4. The van der Waals surface area contributed by atoms with Crippen LogP contribution < -0.4 is 5.73 Å². The van der Waals surface area contributed by atoms with Gasteiger partial charge in [-0.25, -0.2) is 0 Å². The first-order valence-electron chi connectivity index (χ1n) is 4.09. The minimum absolute atomic E-state index is 0.388. The van der Waals surface area contributed by atoms with E-state index in [1.165, 1.54) is 0 Å². The van der Waals surface area contributed by atoms with Crippen LogP contribution in [0.2, 0.25) is 0 Å². The molecule has 2 unspecified atom stereocenters. The van der Waals surface area contributed by atoms with E-state index in [0.717, 1.165) is 0 Å². The number of halogens is 3. The molecule has 0 aromatic carbocycles. The molecule has 0 heterocycles. The molecule has 0 amide bonds. The molecule has 0 aliphatic carbocycles. The molecule has 0 saturated carbocycles. The monoisotopic (exact) mass is 197 g/mol. The minimum atomic E-state index is -4.26. The number of nitrogens with two attached hydrogens (primary N) is 1. The summed E-state index contributed by atoms with van der Waals surface area (Å²) < 4.78 is 35.1. The van der Waals surface area contributed by atoms with Gasteiger partial charge in [-0.05, 0) is 6.92 Å². The average molecular weight is 197 g/mol. The molecule has 78 valence electrons. The van der Waals surface area contributed by atoms with Gasteiger partial charge in [0, 0.05) is 18.4 Å². The number of carbonyl (C=O) groups excluding carboxylic acids is 1. The van der Waals surface area contributed by atoms with Crippen LogP contribution in [0.1, 0.15) is 26.7 Å².